The summed E-state index contributed by atoms with van der Waals surface area (Å²) in [6, 6.07) is 0. The number of nitrogens with two attached hydrogens (primary N) is 1. The molecule has 14 heavy (non-hydrogen) atoms. The average Bonchev–Trinajstić information content (AvgIpc) is 2.73. The van der Waals surface area contributed by atoms with Crippen molar-refractivity contribution in [1.29, 1.82) is 0 Å². The zero-order valence-electron chi connectivity index (χ0n) is 7.06. The predicted octanol–water partition coefficient (Wildman–Crippen LogP) is 2.31. The molecule has 0 saturated heterocycles. The van der Waals surface area contributed by atoms with Crippen LogP contribution in [0.3, 0.4) is 0 Å². The number of aromatic amines is 1. The van der Waals surface area contributed by atoms with E-state index >= 15 is 0 Å². The second-order valence-corrected chi connectivity index (χ2v) is 3.17. The highest BCUT2D eigenvalue weighted by Gasteiger charge is 2.39. The summed E-state index contributed by atoms with van der Waals surface area (Å²) >= 11 is 0. The summed E-state index contributed by atoms with van der Waals surface area (Å²) < 4.78 is 36.6. The fourth-order valence-electron chi connectivity index (χ4n) is 1.25. The number of H-pyrrole nitrogens is 1. The van der Waals surface area contributed by atoms with Crippen molar-refractivity contribution in [2.45, 2.75) is 24.9 Å². The minimum Gasteiger partial charge on any atom is -0.395 e. The van der Waals surface area contributed by atoms with E-state index in [0.717, 1.165) is 12.8 Å². The first-order valence-corrected chi connectivity index (χ1v) is 3.91. The first-order valence-electron chi connectivity index (χ1n) is 3.91. The Labute approximate surface area is 84.3 Å². The lowest BCUT2D eigenvalue weighted by atomic mass is 10.2. The first kappa shape index (κ1) is 11.2. The minimum absolute atomic E-state index is 0. The summed E-state index contributed by atoms with van der Waals surface area (Å²) in [6.45, 7) is 0. The van der Waals surface area contributed by atoms with E-state index in [9.17, 15) is 13.2 Å². The normalized spacial score (nSPS) is 16.5. The summed E-state index contributed by atoms with van der Waals surface area (Å²) in [6.07, 6.45) is -2.66. The van der Waals surface area contributed by atoms with E-state index in [2.05, 4.69) is 5.10 Å². The molecule has 7 heteroatoms. The van der Waals surface area contributed by atoms with Crippen LogP contribution in [0.2, 0.25) is 0 Å². The number of hydrogen-bond acceptors (Lipinski definition) is 2. The predicted molar refractivity (Wildman–Crippen MR) is 47.2 cm³/mol. The second kappa shape index (κ2) is 3.34. The molecule has 0 aromatic carbocycles. The number of rotatable bonds is 1. The molecule has 1 fully saturated rings. The lowest BCUT2D eigenvalue weighted by Gasteiger charge is -2.03. The quantitative estimate of drug-likeness (QED) is 0.774. The maximum absolute atomic E-state index is 12.2. The van der Waals surface area contributed by atoms with Crippen LogP contribution in [0.25, 0.3) is 0 Å². The number of aromatic nitrogens is 2. The Morgan fingerprint density at radius 3 is 2.29 bits per heavy atom. The van der Waals surface area contributed by atoms with E-state index in [1.165, 1.54) is 0 Å². The van der Waals surface area contributed by atoms with Gasteiger partial charge in [-0.25, -0.2) is 0 Å². The molecule has 1 aliphatic carbocycles. The number of anilines is 1. The standard InChI is InChI=1S/C7H8F3N3.ClH/c8-7(9,10)6-4(11)5(12-13-6)3-1-2-3;/h3H,1-2,11H2,(H,12,13);1H. The van der Waals surface area contributed by atoms with Crippen LogP contribution in [0, 0.1) is 0 Å². The van der Waals surface area contributed by atoms with Crippen LogP contribution in [0.4, 0.5) is 18.9 Å². The molecular formula is C7H9ClF3N3. The van der Waals surface area contributed by atoms with E-state index in [1.54, 1.807) is 0 Å². The molecule has 3 N–H and O–H groups in total. The molecule has 1 saturated carbocycles. The lowest BCUT2D eigenvalue weighted by Crippen LogP contribution is -2.08. The van der Waals surface area contributed by atoms with Crippen molar-refractivity contribution in [3.8, 4) is 0 Å². The van der Waals surface area contributed by atoms with Gasteiger partial charge in [0.05, 0.1) is 11.4 Å². The van der Waals surface area contributed by atoms with Crippen molar-refractivity contribution in [2.75, 3.05) is 5.73 Å². The van der Waals surface area contributed by atoms with Gasteiger partial charge in [-0.3, -0.25) is 5.10 Å². The smallest absolute Gasteiger partial charge is 0.395 e. The molecule has 1 heterocycles. The fraction of sp³-hybridized carbons (Fsp3) is 0.571. The molecule has 0 bridgehead atoms. The number of nitrogens with one attached hydrogen (secondary N) is 1. The van der Waals surface area contributed by atoms with Gasteiger partial charge in [-0.05, 0) is 12.8 Å². The van der Waals surface area contributed by atoms with Gasteiger partial charge in [-0.2, -0.15) is 18.3 Å². The Kier molecular flexibility index (Phi) is 2.67. The maximum atomic E-state index is 12.2. The Bertz CT molecular complexity index is 329. The maximum Gasteiger partial charge on any atom is 0.434 e. The molecule has 1 aliphatic rings. The zero-order valence-corrected chi connectivity index (χ0v) is 7.87. The van der Waals surface area contributed by atoms with Gasteiger partial charge in [-0.1, -0.05) is 0 Å². The minimum atomic E-state index is -4.43. The molecule has 3 nitrogen and oxygen atoms in total. The van der Waals surface area contributed by atoms with Crippen molar-refractivity contribution in [3.63, 3.8) is 0 Å². The number of hydrogen-bond donors (Lipinski definition) is 2. The molecular weight excluding hydrogens is 219 g/mol. The van der Waals surface area contributed by atoms with E-state index in [4.69, 9.17) is 5.73 Å². The fourth-order valence-corrected chi connectivity index (χ4v) is 1.25. The number of nitrogens with zero attached hydrogens (tertiary/aromatic N) is 1. The van der Waals surface area contributed by atoms with Gasteiger partial charge >= 0.3 is 6.18 Å². The van der Waals surface area contributed by atoms with Crippen molar-refractivity contribution < 1.29 is 13.2 Å². The third-order valence-corrected chi connectivity index (χ3v) is 2.08. The van der Waals surface area contributed by atoms with Gasteiger partial charge in [0, 0.05) is 5.92 Å². The molecule has 0 aliphatic heterocycles. The van der Waals surface area contributed by atoms with Crippen LogP contribution in [-0.2, 0) is 6.18 Å². The van der Waals surface area contributed by atoms with Gasteiger partial charge in [0.1, 0.15) is 0 Å². The summed E-state index contributed by atoms with van der Waals surface area (Å²) in [5.41, 5.74) is 4.52. The molecule has 80 valence electrons. The summed E-state index contributed by atoms with van der Waals surface area (Å²) in [7, 11) is 0. The van der Waals surface area contributed by atoms with E-state index in [0.29, 0.717) is 5.69 Å². The lowest BCUT2D eigenvalue weighted by molar-refractivity contribution is -0.140. The van der Waals surface area contributed by atoms with Gasteiger partial charge < -0.3 is 5.73 Å². The molecule has 0 spiro atoms. The highest BCUT2D eigenvalue weighted by atomic mass is 35.5. The van der Waals surface area contributed by atoms with E-state index in [1.807, 2.05) is 5.10 Å². The Hall–Kier alpha value is -0.910. The van der Waals surface area contributed by atoms with Gasteiger partial charge in [0.2, 0.25) is 0 Å². The topological polar surface area (TPSA) is 54.7 Å². The molecule has 0 amide bonds. The van der Waals surface area contributed by atoms with Crippen LogP contribution >= 0.6 is 12.4 Å². The van der Waals surface area contributed by atoms with E-state index < -0.39 is 11.9 Å². The monoisotopic (exact) mass is 227 g/mol. The molecule has 0 radical (unpaired) electrons. The SMILES string of the molecule is Cl.Nc1c(C2CC2)n[nH]c1C(F)(F)F. The van der Waals surface area contributed by atoms with Crippen molar-refractivity contribution >= 4 is 18.1 Å². The molecule has 0 atom stereocenters. The van der Waals surface area contributed by atoms with Crippen LogP contribution < -0.4 is 5.73 Å². The largest absolute Gasteiger partial charge is 0.434 e. The van der Waals surface area contributed by atoms with Crippen LogP contribution in [0.15, 0.2) is 0 Å². The second-order valence-electron chi connectivity index (χ2n) is 3.17. The highest BCUT2D eigenvalue weighted by molar-refractivity contribution is 5.85. The summed E-state index contributed by atoms with van der Waals surface area (Å²) in [5, 5.41) is 5.51. The zero-order chi connectivity index (χ0) is 9.64. The van der Waals surface area contributed by atoms with Gasteiger partial charge in [0.15, 0.2) is 5.69 Å². The van der Waals surface area contributed by atoms with E-state index in [-0.39, 0.29) is 24.0 Å². The van der Waals surface area contributed by atoms with Gasteiger partial charge in [0.25, 0.3) is 0 Å². The van der Waals surface area contributed by atoms with Crippen LogP contribution in [-0.4, -0.2) is 10.2 Å². The Morgan fingerprint density at radius 2 is 1.93 bits per heavy atom. The van der Waals surface area contributed by atoms with Crippen molar-refractivity contribution in [2.24, 2.45) is 0 Å². The number of alkyl halides is 3. The molecule has 0 unspecified atom stereocenters. The third-order valence-electron chi connectivity index (χ3n) is 2.08. The first-order chi connectivity index (χ1) is 6.00. The molecule has 1 aromatic rings. The molecule has 1 aromatic heterocycles. The summed E-state index contributed by atoms with van der Waals surface area (Å²) in [5.74, 6) is 0.132. The number of halogens is 4. The van der Waals surface area contributed by atoms with Crippen LogP contribution in [0.1, 0.15) is 30.1 Å². The highest BCUT2D eigenvalue weighted by Crippen LogP contribution is 2.44. The number of nitrogen functional groups attached to an aromatic ring is 1. The van der Waals surface area contributed by atoms with Crippen LogP contribution in [0.5, 0.6) is 0 Å². The van der Waals surface area contributed by atoms with Gasteiger partial charge in [-0.15, -0.1) is 12.4 Å². The van der Waals surface area contributed by atoms with Crippen molar-refractivity contribution in [3.05, 3.63) is 11.4 Å². The summed E-state index contributed by atoms with van der Waals surface area (Å²) in [4.78, 5) is 0. The Balaban J connectivity index is 0.000000980. The third kappa shape index (κ3) is 1.79. The van der Waals surface area contributed by atoms with Crippen molar-refractivity contribution in [1.82, 2.24) is 10.2 Å². The Morgan fingerprint density at radius 1 is 1.36 bits per heavy atom. The average molecular weight is 228 g/mol. The molecule has 2 rings (SSSR count).